The molecule has 3 heterocycles. The summed E-state index contributed by atoms with van der Waals surface area (Å²) in [5.41, 5.74) is 3.71. The van der Waals surface area contributed by atoms with Crippen LogP contribution in [0.4, 0.5) is 0 Å². The van der Waals surface area contributed by atoms with E-state index >= 15 is 0 Å². The average molecular weight is 467 g/mol. The van der Waals surface area contributed by atoms with Crippen LogP contribution in [0.25, 0.3) is 45.1 Å². The summed E-state index contributed by atoms with van der Waals surface area (Å²) < 4.78 is 7.93. The van der Waals surface area contributed by atoms with Crippen LogP contribution in [0, 0.1) is 0 Å². The van der Waals surface area contributed by atoms with Crippen molar-refractivity contribution in [3.05, 3.63) is 120 Å². The van der Waals surface area contributed by atoms with Gasteiger partial charge in [0.2, 0.25) is 5.71 Å². The number of hydrogen-bond donors (Lipinski definition) is 0. The summed E-state index contributed by atoms with van der Waals surface area (Å²) in [5, 5.41) is 1.84. The molecule has 3 aromatic carbocycles. The highest BCUT2D eigenvalue weighted by Crippen LogP contribution is 2.34. The topological polar surface area (TPSA) is 78.0 Å². The molecule has 0 saturated heterocycles. The molecule has 0 saturated carbocycles. The first kappa shape index (κ1) is 20.3. The average Bonchev–Trinajstić information content (AvgIpc) is 3.55. The van der Waals surface area contributed by atoms with Crippen molar-refractivity contribution < 1.29 is 14.0 Å². The van der Waals surface area contributed by atoms with E-state index in [0.717, 1.165) is 27.5 Å². The molecule has 0 unspecified atom stereocenters. The maximum atomic E-state index is 13.3. The molecule has 1 aliphatic rings. The van der Waals surface area contributed by atoms with Gasteiger partial charge in [0.1, 0.15) is 17.1 Å². The van der Waals surface area contributed by atoms with Gasteiger partial charge in [-0.3, -0.25) is 19.1 Å². The minimum absolute atomic E-state index is 0.0846. The van der Waals surface area contributed by atoms with E-state index < -0.39 is 0 Å². The molecule has 3 aromatic heterocycles. The molecule has 36 heavy (non-hydrogen) atoms. The van der Waals surface area contributed by atoms with Crippen LogP contribution in [0.1, 0.15) is 26.5 Å². The van der Waals surface area contributed by atoms with Crippen molar-refractivity contribution in [2.24, 2.45) is 0 Å². The maximum absolute atomic E-state index is 13.3. The molecule has 170 valence electrons. The fraction of sp³-hybridized carbons (Fsp3) is 0. The molecule has 0 amide bonds. The third kappa shape index (κ3) is 3.05. The van der Waals surface area contributed by atoms with Crippen molar-refractivity contribution in [3.8, 4) is 17.0 Å². The molecule has 6 heteroatoms. The van der Waals surface area contributed by atoms with Crippen LogP contribution in [0.5, 0.6) is 0 Å². The molecule has 0 bridgehead atoms. The van der Waals surface area contributed by atoms with Crippen molar-refractivity contribution in [2.75, 3.05) is 0 Å². The van der Waals surface area contributed by atoms with Crippen LogP contribution < -0.4 is 0 Å². The zero-order valence-electron chi connectivity index (χ0n) is 18.9. The Kier molecular flexibility index (Phi) is 4.35. The van der Waals surface area contributed by atoms with Gasteiger partial charge in [0.05, 0.1) is 17.5 Å². The Balaban J connectivity index is 1.40. The Labute approximate surface area is 205 Å². The highest BCUT2D eigenvalue weighted by molar-refractivity contribution is 6.42. The van der Waals surface area contributed by atoms with Crippen LogP contribution in [-0.2, 0) is 0 Å². The summed E-state index contributed by atoms with van der Waals surface area (Å²) in [6.45, 7) is 0. The van der Waals surface area contributed by atoms with Gasteiger partial charge in [0, 0.05) is 29.0 Å². The summed E-state index contributed by atoms with van der Waals surface area (Å²) in [6, 6.07) is 26.7. The Morgan fingerprint density at radius 2 is 1.47 bits per heavy atom. The smallest absolute Gasteiger partial charge is 0.246 e. The first-order chi connectivity index (χ1) is 17.7. The summed E-state index contributed by atoms with van der Waals surface area (Å²) in [7, 11) is 0. The molecule has 7 rings (SSSR count). The van der Waals surface area contributed by atoms with Gasteiger partial charge in [-0.15, -0.1) is 0 Å². The third-order valence-electron chi connectivity index (χ3n) is 6.48. The lowest BCUT2D eigenvalue weighted by molar-refractivity contribution is 0.0990. The Morgan fingerprint density at radius 3 is 2.14 bits per heavy atom. The number of hydrogen-bond acceptors (Lipinski definition) is 5. The molecule has 0 spiro atoms. The predicted octanol–water partition coefficient (Wildman–Crippen LogP) is 6.30. The number of fused-ring (bicyclic) bond motifs is 3. The molecule has 6 aromatic rings. The fourth-order valence-electron chi connectivity index (χ4n) is 4.76. The first-order valence-corrected chi connectivity index (χ1v) is 11.5. The highest BCUT2D eigenvalue weighted by Gasteiger charge is 2.34. The van der Waals surface area contributed by atoms with E-state index in [1.165, 1.54) is 0 Å². The number of allylic oxidation sites excluding steroid dienone is 1. The van der Waals surface area contributed by atoms with Crippen LogP contribution in [0.15, 0.2) is 107 Å². The summed E-state index contributed by atoms with van der Waals surface area (Å²) in [5.74, 6) is 0.494. The third-order valence-corrected chi connectivity index (χ3v) is 6.48. The quantitative estimate of drug-likeness (QED) is 0.226. The van der Waals surface area contributed by atoms with Gasteiger partial charge < -0.3 is 4.42 Å². The molecule has 0 aliphatic heterocycles. The molecule has 0 N–H and O–H groups in total. The SMILES string of the molecule is O=C1C(=Cc2nc3oc(-c4ccccc4)cc3n2-c2cccnc2)C(=O)c2cc3ccccc3cc21. The molecular weight excluding hydrogens is 450 g/mol. The number of Topliss-reactive ketones (excluding diaryl/α,β-unsaturated/α-hetero) is 2. The monoisotopic (exact) mass is 467 g/mol. The molecule has 1 aliphatic carbocycles. The largest absolute Gasteiger partial charge is 0.436 e. The Bertz CT molecular complexity index is 1810. The lowest BCUT2D eigenvalue weighted by atomic mass is 10.0. The van der Waals surface area contributed by atoms with E-state index in [2.05, 4.69) is 9.97 Å². The van der Waals surface area contributed by atoms with E-state index in [1.807, 2.05) is 77.4 Å². The summed E-state index contributed by atoms with van der Waals surface area (Å²) in [6.07, 6.45) is 4.95. The number of ketones is 2. The van der Waals surface area contributed by atoms with Gasteiger partial charge in [-0.1, -0.05) is 54.6 Å². The Hall–Kier alpha value is -5.10. The molecule has 0 fully saturated rings. The number of benzene rings is 3. The lowest BCUT2D eigenvalue weighted by Crippen LogP contribution is -2.04. The lowest BCUT2D eigenvalue weighted by Gasteiger charge is -2.06. The second kappa shape index (κ2) is 7.71. The molecule has 0 radical (unpaired) electrons. The number of carbonyl (C=O) groups excluding carboxylic acids is 2. The van der Waals surface area contributed by atoms with Crippen molar-refractivity contribution in [1.29, 1.82) is 0 Å². The number of imidazole rings is 1. The molecular formula is C30H17N3O3. The second-order valence-corrected chi connectivity index (χ2v) is 8.64. The van der Waals surface area contributed by atoms with Crippen molar-refractivity contribution in [2.45, 2.75) is 0 Å². The van der Waals surface area contributed by atoms with Gasteiger partial charge >= 0.3 is 0 Å². The number of rotatable bonds is 3. The normalized spacial score (nSPS) is 13.1. The van der Waals surface area contributed by atoms with Gasteiger partial charge in [-0.05, 0) is 41.1 Å². The predicted molar refractivity (Wildman–Crippen MR) is 137 cm³/mol. The van der Waals surface area contributed by atoms with Crippen molar-refractivity contribution >= 4 is 39.6 Å². The van der Waals surface area contributed by atoms with Gasteiger partial charge in [0.25, 0.3) is 0 Å². The zero-order valence-corrected chi connectivity index (χ0v) is 18.9. The molecule has 6 nitrogen and oxygen atoms in total. The van der Waals surface area contributed by atoms with E-state index in [-0.39, 0.29) is 17.1 Å². The summed E-state index contributed by atoms with van der Waals surface area (Å²) in [4.78, 5) is 35.6. The van der Waals surface area contributed by atoms with E-state index in [1.54, 1.807) is 30.6 Å². The van der Waals surface area contributed by atoms with E-state index in [4.69, 9.17) is 4.42 Å². The number of pyridine rings is 1. The van der Waals surface area contributed by atoms with Gasteiger partial charge in [0.15, 0.2) is 11.6 Å². The zero-order chi connectivity index (χ0) is 24.2. The number of carbonyl (C=O) groups is 2. The number of nitrogens with zero attached hydrogens (tertiary/aromatic N) is 3. The van der Waals surface area contributed by atoms with E-state index in [0.29, 0.717) is 28.4 Å². The van der Waals surface area contributed by atoms with Crippen LogP contribution in [-0.4, -0.2) is 26.1 Å². The highest BCUT2D eigenvalue weighted by atomic mass is 16.3. The molecule has 0 atom stereocenters. The van der Waals surface area contributed by atoms with Gasteiger partial charge in [-0.25, -0.2) is 0 Å². The van der Waals surface area contributed by atoms with Gasteiger partial charge in [-0.2, -0.15) is 4.98 Å². The van der Waals surface area contributed by atoms with Crippen LogP contribution in [0.2, 0.25) is 0 Å². The minimum atomic E-state index is -0.303. The Morgan fingerprint density at radius 1 is 0.778 bits per heavy atom. The first-order valence-electron chi connectivity index (χ1n) is 11.5. The fourth-order valence-corrected chi connectivity index (χ4v) is 4.76. The summed E-state index contributed by atoms with van der Waals surface area (Å²) >= 11 is 0. The maximum Gasteiger partial charge on any atom is 0.246 e. The van der Waals surface area contributed by atoms with E-state index in [9.17, 15) is 9.59 Å². The minimum Gasteiger partial charge on any atom is -0.436 e. The van der Waals surface area contributed by atoms with Crippen molar-refractivity contribution in [1.82, 2.24) is 14.5 Å². The standard InChI is InChI=1S/C30H17N3O3/c34-28-22-13-19-9-4-5-10-20(19)14-23(22)29(35)24(28)15-27-32-30-25(33(27)21-11-6-12-31-17-21)16-26(36-30)18-7-2-1-3-8-18/h1-17H. The van der Waals surface area contributed by atoms with Crippen molar-refractivity contribution in [3.63, 3.8) is 0 Å². The van der Waals surface area contributed by atoms with Crippen LogP contribution in [0.3, 0.4) is 0 Å². The second-order valence-electron chi connectivity index (χ2n) is 8.64. The van der Waals surface area contributed by atoms with Crippen LogP contribution >= 0.6 is 0 Å². The number of aromatic nitrogens is 3. The number of furan rings is 1.